The Morgan fingerprint density at radius 3 is 2.64 bits per heavy atom. The summed E-state index contributed by atoms with van der Waals surface area (Å²) in [5.74, 6) is -0.712. The highest BCUT2D eigenvalue weighted by molar-refractivity contribution is 7.17. The molecule has 0 aliphatic carbocycles. The lowest BCUT2D eigenvalue weighted by Gasteiger charge is -2.40. The highest BCUT2D eigenvalue weighted by Crippen LogP contribution is 2.29. The first-order chi connectivity index (χ1) is 13.6. The maximum absolute atomic E-state index is 13.1. The van der Waals surface area contributed by atoms with Crippen LogP contribution in [0.3, 0.4) is 0 Å². The monoisotopic (exact) mass is 422 g/mol. The van der Waals surface area contributed by atoms with Gasteiger partial charge in [-0.2, -0.15) is 0 Å². The molecule has 2 aliphatic heterocycles. The summed E-state index contributed by atoms with van der Waals surface area (Å²) in [5.41, 5.74) is 0.394. The summed E-state index contributed by atoms with van der Waals surface area (Å²) in [6, 6.07) is 4.59. The molecule has 5 nitrogen and oxygen atoms in total. The van der Waals surface area contributed by atoms with Crippen molar-refractivity contribution in [3.8, 4) is 0 Å². The number of carbonyl (C=O) groups is 1. The molecular formula is C20H24ClFN4OS. The van der Waals surface area contributed by atoms with Gasteiger partial charge in [0.15, 0.2) is 5.13 Å². The van der Waals surface area contributed by atoms with Crippen molar-refractivity contribution in [2.24, 2.45) is 0 Å². The van der Waals surface area contributed by atoms with E-state index in [0.29, 0.717) is 16.6 Å². The van der Waals surface area contributed by atoms with Crippen LogP contribution in [0.2, 0.25) is 5.02 Å². The van der Waals surface area contributed by atoms with Crippen molar-refractivity contribution in [2.75, 3.05) is 36.4 Å². The Hall–Kier alpha value is -1.70. The Balaban J connectivity index is 1.34. The van der Waals surface area contributed by atoms with Gasteiger partial charge in [0.2, 0.25) is 0 Å². The van der Waals surface area contributed by atoms with Gasteiger partial charge in [0.25, 0.3) is 5.91 Å². The van der Waals surface area contributed by atoms with Gasteiger partial charge in [-0.25, -0.2) is 9.37 Å². The number of halogens is 2. The van der Waals surface area contributed by atoms with Crippen LogP contribution in [-0.4, -0.2) is 48.0 Å². The molecule has 1 aromatic carbocycles. The minimum atomic E-state index is -0.434. The fourth-order valence-electron chi connectivity index (χ4n) is 4.00. The van der Waals surface area contributed by atoms with E-state index in [2.05, 4.69) is 20.1 Å². The van der Waals surface area contributed by atoms with E-state index in [1.165, 1.54) is 61.9 Å². The molecule has 1 aromatic heterocycles. The Morgan fingerprint density at radius 1 is 1.18 bits per heavy atom. The van der Waals surface area contributed by atoms with E-state index in [1.807, 2.05) is 0 Å². The maximum atomic E-state index is 13.1. The number of nitrogens with one attached hydrogen (secondary N) is 1. The third kappa shape index (κ3) is 4.47. The van der Waals surface area contributed by atoms with Crippen molar-refractivity contribution in [3.05, 3.63) is 40.1 Å². The highest BCUT2D eigenvalue weighted by Gasteiger charge is 2.27. The Labute approximate surface area is 173 Å². The number of carbonyl (C=O) groups excluding carboxylic acids is 1. The van der Waals surface area contributed by atoms with Crippen LogP contribution in [-0.2, 0) is 0 Å². The number of benzene rings is 1. The predicted octanol–water partition coefficient (Wildman–Crippen LogP) is 4.64. The summed E-state index contributed by atoms with van der Waals surface area (Å²) in [6.07, 6.45) is 7.90. The van der Waals surface area contributed by atoms with Gasteiger partial charge in [0.05, 0.1) is 16.9 Å². The van der Waals surface area contributed by atoms with Crippen LogP contribution in [0.15, 0.2) is 24.4 Å². The molecule has 3 heterocycles. The standard InChI is InChI=1S/C20H24ClFN4OS/c21-16-12-14(22)4-5-17(16)24-19(27)18-13-23-20(28-18)26-10-6-15(7-11-26)25-8-2-1-3-9-25/h4-5,12-13,15H,1-3,6-11H2,(H,24,27). The first-order valence-electron chi connectivity index (χ1n) is 9.81. The smallest absolute Gasteiger partial charge is 0.267 e. The number of aromatic nitrogens is 1. The predicted molar refractivity (Wildman–Crippen MR) is 112 cm³/mol. The van der Waals surface area contributed by atoms with Gasteiger partial charge in [0.1, 0.15) is 10.7 Å². The van der Waals surface area contributed by atoms with Gasteiger partial charge in [0, 0.05) is 19.1 Å². The first kappa shape index (κ1) is 19.6. The van der Waals surface area contributed by atoms with Crippen molar-refractivity contribution in [1.82, 2.24) is 9.88 Å². The number of thiazole rings is 1. The van der Waals surface area contributed by atoms with Crippen LogP contribution >= 0.6 is 22.9 Å². The molecule has 4 rings (SSSR count). The number of hydrogen-bond acceptors (Lipinski definition) is 5. The summed E-state index contributed by atoms with van der Waals surface area (Å²) in [6.45, 7) is 4.41. The molecule has 1 N–H and O–H groups in total. The van der Waals surface area contributed by atoms with Gasteiger partial charge in [-0.3, -0.25) is 4.79 Å². The average molecular weight is 423 g/mol. The van der Waals surface area contributed by atoms with Crippen molar-refractivity contribution in [1.29, 1.82) is 0 Å². The zero-order chi connectivity index (χ0) is 19.5. The van der Waals surface area contributed by atoms with Crippen molar-refractivity contribution < 1.29 is 9.18 Å². The number of nitrogens with zero attached hydrogens (tertiary/aromatic N) is 3. The van der Waals surface area contributed by atoms with Crippen LogP contribution < -0.4 is 10.2 Å². The Morgan fingerprint density at radius 2 is 1.93 bits per heavy atom. The fourth-order valence-corrected chi connectivity index (χ4v) is 5.07. The zero-order valence-electron chi connectivity index (χ0n) is 15.7. The van der Waals surface area contributed by atoms with Crippen molar-refractivity contribution in [2.45, 2.75) is 38.1 Å². The van der Waals surface area contributed by atoms with Crippen LogP contribution in [0.25, 0.3) is 0 Å². The second kappa shape index (κ2) is 8.76. The van der Waals surface area contributed by atoms with Gasteiger partial charge >= 0.3 is 0 Å². The number of rotatable bonds is 4. The molecule has 8 heteroatoms. The second-order valence-corrected chi connectivity index (χ2v) is 8.82. The first-order valence-corrected chi connectivity index (χ1v) is 11.0. The molecule has 1 amide bonds. The zero-order valence-corrected chi connectivity index (χ0v) is 17.2. The van der Waals surface area contributed by atoms with Gasteiger partial charge in [-0.05, 0) is 57.0 Å². The van der Waals surface area contributed by atoms with E-state index in [4.69, 9.17) is 11.6 Å². The molecule has 2 aliphatic rings. The summed E-state index contributed by atoms with van der Waals surface area (Å²) < 4.78 is 13.1. The van der Waals surface area contributed by atoms with E-state index in [9.17, 15) is 9.18 Å². The minimum Gasteiger partial charge on any atom is -0.348 e. The van der Waals surface area contributed by atoms with Crippen molar-refractivity contribution >= 4 is 39.7 Å². The number of likely N-dealkylation sites (tertiary alicyclic amines) is 1. The number of piperidine rings is 2. The quantitative estimate of drug-likeness (QED) is 0.779. The molecule has 0 unspecified atom stereocenters. The lowest BCUT2D eigenvalue weighted by atomic mass is 10.0. The van der Waals surface area contributed by atoms with Crippen LogP contribution in [0, 0.1) is 5.82 Å². The van der Waals surface area contributed by atoms with Crippen LogP contribution in [0.1, 0.15) is 41.8 Å². The third-order valence-corrected chi connectivity index (χ3v) is 6.91. The fraction of sp³-hybridized carbons (Fsp3) is 0.500. The molecule has 28 heavy (non-hydrogen) atoms. The normalized spacial score (nSPS) is 19.0. The maximum Gasteiger partial charge on any atom is 0.267 e. The third-order valence-electron chi connectivity index (χ3n) is 5.54. The molecule has 0 saturated carbocycles. The number of amides is 1. The van der Waals surface area contributed by atoms with Crippen molar-refractivity contribution in [3.63, 3.8) is 0 Å². The number of hydrogen-bond donors (Lipinski definition) is 1. The molecule has 150 valence electrons. The lowest BCUT2D eigenvalue weighted by molar-refractivity contribution is 0.103. The molecule has 2 saturated heterocycles. The Kier molecular flexibility index (Phi) is 6.13. The summed E-state index contributed by atoms with van der Waals surface area (Å²) >= 11 is 7.37. The van der Waals surface area contributed by atoms with Gasteiger partial charge < -0.3 is 15.1 Å². The molecule has 0 atom stereocenters. The SMILES string of the molecule is O=C(Nc1ccc(F)cc1Cl)c1cnc(N2CCC(N3CCCCC3)CC2)s1. The topological polar surface area (TPSA) is 48.5 Å². The Bertz CT molecular complexity index is 831. The van der Waals surface area contributed by atoms with Crippen LogP contribution in [0.5, 0.6) is 0 Å². The van der Waals surface area contributed by atoms with Gasteiger partial charge in [-0.15, -0.1) is 0 Å². The number of anilines is 2. The van der Waals surface area contributed by atoms with E-state index < -0.39 is 5.82 Å². The highest BCUT2D eigenvalue weighted by atomic mass is 35.5. The van der Waals surface area contributed by atoms with Crippen LogP contribution in [0.4, 0.5) is 15.2 Å². The largest absolute Gasteiger partial charge is 0.348 e. The van der Waals surface area contributed by atoms with E-state index in [0.717, 1.165) is 31.1 Å². The summed E-state index contributed by atoms with van der Waals surface area (Å²) in [5, 5.41) is 3.79. The van der Waals surface area contributed by atoms with E-state index >= 15 is 0 Å². The molecule has 2 fully saturated rings. The summed E-state index contributed by atoms with van der Waals surface area (Å²) in [7, 11) is 0. The van der Waals surface area contributed by atoms with Gasteiger partial charge in [-0.1, -0.05) is 29.4 Å². The molecule has 0 radical (unpaired) electrons. The average Bonchev–Trinajstić information content (AvgIpc) is 3.21. The van der Waals surface area contributed by atoms with E-state index in [1.54, 1.807) is 6.20 Å². The second-order valence-electron chi connectivity index (χ2n) is 7.40. The molecule has 0 bridgehead atoms. The molecule has 2 aromatic rings. The summed E-state index contributed by atoms with van der Waals surface area (Å²) in [4.78, 5) is 22.4. The minimum absolute atomic E-state index is 0.179. The molecule has 0 spiro atoms. The lowest BCUT2D eigenvalue weighted by Crippen LogP contribution is -2.46. The molecular weight excluding hydrogens is 399 g/mol. The van der Waals surface area contributed by atoms with E-state index in [-0.39, 0.29) is 10.9 Å².